The molecule has 0 aliphatic heterocycles. The lowest BCUT2D eigenvalue weighted by molar-refractivity contribution is -0.122. The molecule has 1 fully saturated rings. The largest absolute Gasteiger partial charge is 0.497 e. The highest BCUT2D eigenvalue weighted by molar-refractivity contribution is 5.93. The first-order valence-corrected chi connectivity index (χ1v) is 10.1. The standard InChI is InChI=1S/C23H30N4O2/c1-24-23(25-14-13-17-9-11-21(29-2)12-10-17)26-16-18-5-3-8-20(15-18)27-22(28)19-6-4-7-19/h3,5,8-12,15,19H,4,6-7,13-14,16H2,1-2H3,(H,27,28)(H2,24,25,26). The van der Waals surface area contributed by atoms with E-state index < -0.39 is 0 Å². The number of hydrogen-bond acceptors (Lipinski definition) is 3. The molecule has 0 atom stereocenters. The maximum absolute atomic E-state index is 12.1. The van der Waals surface area contributed by atoms with Gasteiger partial charge in [-0.1, -0.05) is 30.7 Å². The molecule has 1 aliphatic carbocycles. The molecule has 0 unspecified atom stereocenters. The molecule has 1 amide bonds. The summed E-state index contributed by atoms with van der Waals surface area (Å²) in [6.07, 6.45) is 4.07. The van der Waals surface area contributed by atoms with Gasteiger partial charge in [0.1, 0.15) is 5.75 Å². The molecule has 0 aromatic heterocycles. The van der Waals surface area contributed by atoms with E-state index in [1.807, 2.05) is 36.4 Å². The molecule has 0 radical (unpaired) electrons. The Kier molecular flexibility index (Phi) is 7.50. The lowest BCUT2D eigenvalue weighted by Gasteiger charge is -2.24. The summed E-state index contributed by atoms with van der Waals surface area (Å²) < 4.78 is 5.19. The quantitative estimate of drug-likeness (QED) is 0.474. The van der Waals surface area contributed by atoms with E-state index in [0.29, 0.717) is 6.54 Å². The summed E-state index contributed by atoms with van der Waals surface area (Å²) in [5.41, 5.74) is 3.18. The van der Waals surface area contributed by atoms with Crippen LogP contribution < -0.4 is 20.7 Å². The van der Waals surface area contributed by atoms with Gasteiger partial charge in [0.15, 0.2) is 5.96 Å². The van der Waals surface area contributed by atoms with E-state index in [4.69, 9.17) is 4.74 Å². The fraction of sp³-hybridized carbons (Fsp3) is 0.391. The summed E-state index contributed by atoms with van der Waals surface area (Å²) >= 11 is 0. The van der Waals surface area contributed by atoms with E-state index in [1.165, 1.54) is 5.56 Å². The van der Waals surface area contributed by atoms with Gasteiger partial charge in [-0.15, -0.1) is 0 Å². The van der Waals surface area contributed by atoms with Gasteiger partial charge in [0, 0.05) is 31.7 Å². The number of amides is 1. The summed E-state index contributed by atoms with van der Waals surface area (Å²) in [6, 6.07) is 16.0. The minimum Gasteiger partial charge on any atom is -0.497 e. The summed E-state index contributed by atoms with van der Waals surface area (Å²) in [7, 11) is 3.43. The van der Waals surface area contributed by atoms with E-state index >= 15 is 0 Å². The number of anilines is 1. The van der Waals surface area contributed by atoms with Crippen molar-refractivity contribution in [3.63, 3.8) is 0 Å². The van der Waals surface area contributed by atoms with E-state index in [9.17, 15) is 4.79 Å². The Morgan fingerprint density at radius 3 is 2.55 bits per heavy atom. The molecule has 2 aromatic carbocycles. The van der Waals surface area contributed by atoms with Crippen LogP contribution in [0, 0.1) is 5.92 Å². The number of carbonyl (C=O) groups excluding carboxylic acids is 1. The van der Waals surface area contributed by atoms with E-state index in [2.05, 4.69) is 33.1 Å². The number of hydrogen-bond donors (Lipinski definition) is 3. The van der Waals surface area contributed by atoms with Crippen LogP contribution in [0.5, 0.6) is 5.75 Å². The van der Waals surface area contributed by atoms with E-state index in [0.717, 1.165) is 55.2 Å². The van der Waals surface area contributed by atoms with Crippen molar-refractivity contribution in [3.05, 3.63) is 59.7 Å². The molecule has 2 aromatic rings. The minimum atomic E-state index is 0.136. The Balaban J connectivity index is 1.43. The predicted molar refractivity (Wildman–Crippen MR) is 117 cm³/mol. The van der Waals surface area contributed by atoms with Crippen LogP contribution in [0.1, 0.15) is 30.4 Å². The Morgan fingerprint density at radius 1 is 1.10 bits per heavy atom. The molecular formula is C23H30N4O2. The van der Waals surface area contributed by atoms with Crippen LogP contribution >= 0.6 is 0 Å². The fourth-order valence-corrected chi connectivity index (χ4v) is 3.20. The van der Waals surface area contributed by atoms with Crippen molar-refractivity contribution in [2.24, 2.45) is 10.9 Å². The molecule has 0 spiro atoms. The second-order valence-electron chi connectivity index (χ2n) is 7.27. The molecule has 0 saturated heterocycles. The Morgan fingerprint density at radius 2 is 1.90 bits per heavy atom. The highest BCUT2D eigenvalue weighted by atomic mass is 16.5. The molecule has 6 heteroatoms. The smallest absolute Gasteiger partial charge is 0.227 e. The molecule has 29 heavy (non-hydrogen) atoms. The number of carbonyl (C=O) groups is 1. The molecule has 154 valence electrons. The number of rotatable bonds is 8. The number of methoxy groups -OCH3 is 1. The van der Waals surface area contributed by atoms with Gasteiger partial charge < -0.3 is 20.7 Å². The van der Waals surface area contributed by atoms with Crippen LogP contribution in [0.15, 0.2) is 53.5 Å². The average Bonchev–Trinajstić information content (AvgIpc) is 2.70. The zero-order valence-electron chi connectivity index (χ0n) is 17.2. The minimum absolute atomic E-state index is 0.136. The second-order valence-corrected chi connectivity index (χ2v) is 7.27. The van der Waals surface area contributed by atoms with Crippen LogP contribution in [-0.2, 0) is 17.8 Å². The first kappa shape index (κ1) is 20.7. The van der Waals surface area contributed by atoms with Gasteiger partial charge in [0.05, 0.1) is 7.11 Å². The van der Waals surface area contributed by atoms with Crippen LogP contribution in [0.4, 0.5) is 5.69 Å². The number of nitrogens with zero attached hydrogens (tertiary/aromatic N) is 1. The van der Waals surface area contributed by atoms with Crippen molar-refractivity contribution in [1.82, 2.24) is 10.6 Å². The van der Waals surface area contributed by atoms with Crippen molar-refractivity contribution in [3.8, 4) is 5.75 Å². The van der Waals surface area contributed by atoms with Crippen molar-refractivity contribution >= 4 is 17.6 Å². The first-order chi connectivity index (χ1) is 14.2. The van der Waals surface area contributed by atoms with Gasteiger partial charge in [0.25, 0.3) is 0 Å². The SMILES string of the molecule is CN=C(NCCc1ccc(OC)cc1)NCc1cccc(NC(=O)C2CCC2)c1. The van der Waals surface area contributed by atoms with Gasteiger partial charge >= 0.3 is 0 Å². The second kappa shape index (κ2) is 10.5. The van der Waals surface area contributed by atoms with Gasteiger partial charge in [-0.2, -0.15) is 0 Å². The third-order valence-corrected chi connectivity index (χ3v) is 5.22. The zero-order valence-corrected chi connectivity index (χ0v) is 17.2. The molecule has 3 rings (SSSR count). The lowest BCUT2D eigenvalue weighted by atomic mass is 9.85. The lowest BCUT2D eigenvalue weighted by Crippen LogP contribution is -2.37. The highest BCUT2D eigenvalue weighted by Gasteiger charge is 2.25. The molecule has 1 saturated carbocycles. The average molecular weight is 395 g/mol. The number of ether oxygens (including phenoxy) is 1. The van der Waals surface area contributed by atoms with Crippen molar-refractivity contribution in [2.75, 3.05) is 26.0 Å². The van der Waals surface area contributed by atoms with Gasteiger partial charge in [0.2, 0.25) is 5.91 Å². The van der Waals surface area contributed by atoms with Crippen LogP contribution in [0.25, 0.3) is 0 Å². The molecule has 1 aliphatic rings. The highest BCUT2D eigenvalue weighted by Crippen LogP contribution is 2.27. The van der Waals surface area contributed by atoms with Gasteiger partial charge in [-0.05, 0) is 54.7 Å². The monoisotopic (exact) mass is 394 g/mol. The Hall–Kier alpha value is -3.02. The Labute approximate surface area is 172 Å². The molecular weight excluding hydrogens is 364 g/mol. The number of benzene rings is 2. The number of nitrogens with one attached hydrogen (secondary N) is 3. The topological polar surface area (TPSA) is 74.8 Å². The fourth-order valence-electron chi connectivity index (χ4n) is 3.20. The van der Waals surface area contributed by atoms with E-state index in [-0.39, 0.29) is 11.8 Å². The molecule has 0 heterocycles. The summed E-state index contributed by atoms with van der Waals surface area (Å²) in [5.74, 6) is 1.94. The molecule has 0 bridgehead atoms. The van der Waals surface area contributed by atoms with Gasteiger partial charge in [-0.25, -0.2) is 0 Å². The van der Waals surface area contributed by atoms with Crippen molar-refractivity contribution < 1.29 is 9.53 Å². The zero-order chi connectivity index (χ0) is 20.5. The van der Waals surface area contributed by atoms with E-state index in [1.54, 1.807) is 14.2 Å². The first-order valence-electron chi connectivity index (χ1n) is 10.1. The van der Waals surface area contributed by atoms with Crippen LogP contribution in [0.2, 0.25) is 0 Å². The van der Waals surface area contributed by atoms with Crippen molar-refractivity contribution in [2.45, 2.75) is 32.2 Å². The third-order valence-electron chi connectivity index (χ3n) is 5.22. The summed E-state index contributed by atoms with van der Waals surface area (Å²) in [6.45, 7) is 1.42. The molecule has 6 nitrogen and oxygen atoms in total. The number of guanidine groups is 1. The summed E-state index contributed by atoms with van der Waals surface area (Å²) in [5, 5.41) is 9.68. The molecule has 3 N–H and O–H groups in total. The number of aliphatic imine (C=N–C) groups is 1. The predicted octanol–water partition coefficient (Wildman–Crippen LogP) is 3.34. The van der Waals surface area contributed by atoms with Crippen LogP contribution in [-0.4, -0.2) is 32.6 Å². The maximum Gasteiger partial charge on any atom is 0.227 e. The van der Waals surface area contributed by atoms with Crippen molar-refractivity contribution in [1.29, 1.82) is 0 Å². The normalized spacial score (nSPS) is 14.1. The Bertz CT molecular complexity index is 829. The van der Waals surface area contributed by atoms with Crippen LogP contribution in [0.3, 0.4) is 0 Å². The van der Waals surface area contributed by atoms with Gasteiger partial charge in [-0.3, -0.25) is 9.79 Å². The third kappa shape index (κ3) is 6.24. The maximum atomic E-state index is 12.1. The summed E-state index contributed by atoms with van der Waals surface area (Å²) in [4.78, 5) is 16.4.